The van der Waals surface area contributed by atoms with E-state index in [1.54, 1.807) is 0 Å². The van der Waals surface area contributed by atoms with E-state index in [1.807, 2.05) is 12.1 Å². The maximum Gasteiger partial charge on any atom is 0.0393 e. The monoisotopic (exact) mass is 248 g/mol. The number of nitrogens with zero attached hydrogens (tertiary/aromatic N) is 2. The first-order chi connectivity index (χ1) is 8.54. The lowest BCUT2D eigenvalue weighted by Crippen LogP contribution is -2.52. The summed E-state index contributed by atoms with van der Waals surface area (Å²) in [4.78, 5) is 4.81. The molecule has 1 heterocycles. The standard InChI is InChI=1S/C14H24N4/c1-11-6-12(15)8-13(7-11)16-9-14-10-17(2)4-5-18(14)3/h6-8,14,16H,4-5,9-10,15H2,1-3H3. The SMILES string of the molecule is Cc1cc(N)cc(NCC2CN(C)CCN2C)c1. The maximum absolute atomic E-state index is 5.86. The molecule has 0 saturated carbocycles. The van der Waals surface area contributed by atoms with Crippen LogP contribution in [-0.2, 0) is 0 Å². The van der Waals surface area contributed by atoms with Crippen LogP contribution in [0.4, 0.5) is 11.4 Å². The van der Waals surface area contributed by atoms with Gasteiger partial charge in [0.05, 0.1) is 0 Å². The smallest absolute Gasteiger partial charge is 0.0393 e. The Morgan fingerprint density at radius 3 is 2.78 bits per heavy atom. The van der Waals surface area contributed by atoms with Gasteiger partial charge in [0.15, 0.2) is 0 Å². The van der Waals surface area contributed by atoms with Gasteiger partial charge in [0, 0.05) is 43.6 Å². The van der Waals surface area contributed by atoms with Crippen molar-refractivity contribution in [3.8, 4) is 0 Å². The molecule has 1 aromatic rings. The highest BCUT2D eigenvalue weighted by Gasteiger charge is 2.21. The van der Waals surface area contributed by atoms with E-state index in [1.165, 1.54) is 5.56 Å². The highest BCUT2D eigenvalue weighted by atomic mass is 15.3. The quantitative estimate of drug-likeness (QED) is 0.790. The third-order valence-electron chi connectivity index (χ3n) is 3.62. The van der Waals surface area contributed by atoms with Crippen LogP contribution in [0.25, 0.3) is 0 Å². The number of aryl methyl sites for hydroxylation is 1. The summed E-state index contributed by atoms with van der Waals surface area (Å²) >= 11 is 0. The minimum absolute atomic E-state index is 0.561. The Morgan fingerprint density at radius 2 is 2.06 bits per heavy atom. The van der Waals surface area contributed by atoms with Gasteiger partial charge in [0.1, 0.15) is 0 Å². The second-order valence-electron chi connectivity index (χ2n) is 5.41. The Morgan fingerprint density at radius 1 is 1.28 bits per heavy atom. The van der Waals surface area contributed by atoms with Crippen LogP contribution in [-0.4, -0.2) is 56.1 Å². The molecule has 1 atom stereocenters. The van der Waals surface area contributed by atoms with Gasteiger partial charge in [-0.15, -0.1) is 0 Å². The van der Waals surface area contributed by atoms with Crippen molar-refractivity contribution in [1.29, 1.82) is 0 Å². The van der Waals surface area contributed by atoms with Crippen molar-refractivity contribution in [2.45, 2.75) is 13.0 Å². The van der Waals surface area contributed by atoms with Gasteiger partial charge in [-0.3, -0.25) is 4.90 Å². The summed E-state index contributed by atoms with van der Waals surface area (Å²) in [6.07, 6.45) is 0. The van der Waals surface area contributed by atoms with E-state index in [0.29, 0.717) is 6.04 Å². The zero-order valence-corrected chi connectivity index (χ0v) is 11.6. The molecule has 4 nitrogen and oxygen atoms in total. The fraction of sp³-hybridized carbons (Fsp3) is 0.571. The Balaban J connectivity index is 1.94. The largest absolute Gasteiger partial charge is 0.399 e. The molecule has 1 aliphatic heterocycles. The number of piperazine rings is 1. The summed E-state index contributed by atoms with van der Waals surface area (Å²) in [5.74, 6) is 0. The normalized spacial score (nSPS) is 22.1. The van der Waals surface area contributed by atoms with Gasteiger partial charge in [0.2, 0.25) is 0 Å². The summed E-state index contributed by atoms with van der Waals surface area (Å²) in [5, 5.41) is 3.50. The van der Waals surface area contributed by atoms with Crippen LogP contribution < -0.4 is 11.1 Å². The molecule has 1 aromatic carbocycles. The van der Waals surface area contributed by atoms with Crippen molar-refractivity contribution < 1.29 is 0 Å². The molecule has 4 heteroatoms. The predicted molar refractivity (Wildman–Crippen MR) is 78.0 cm³/mol. The number of likely N-dealkylation sites (N-methyl/N-ethyl adjacent to an activating group) is 2. The molecule has 0 spiro atoms. The fourth-order valence-electron chi connectivity index (χ4n) is 2.47. The third kappa shape index (κ3) is 3.37. The highest BCUT2D eigenvalue weighted by Crippen LogP contribution is 2.16. The van der Waals surface area contributed by atoms with Gasteiger partial charge in [-0.05, 0) is 44.8 Å². The van der Waals surface area contributed by atoms with Crippen LogP contribution in [0.5, 0.6) is 0 Å². The van der Waals surface area contributed by atoms with Crippen molar-refractivity contribution in [3.63, 3.8) is 0 Å². The zero-order valence-electron chi connectivity index (χ0n) is 11.6. The maximum atomic E-state index is 5.86. The van der Waals surface area contributed by atoms with Crippen LogP contribution in [0.15, 0.2) is 18.2 Å². The lowest BCUT2D eigenvalue weighted by Gasteiger charge is -2.37. The van der Waals surface area contributed by atoms with Crippen molar-refractivity contribution in [2.75, 3.05) is 51.3 Å². The Kier molecular flexibility index (Phi) is 4.09. The molecule has 1 aliphatic rings. The van der Waals surface area contributed by atoms with E-state index in [-0.39, 0.29) is 0 Å². The first-order valence-corrected chi connectivity index (χ1v) is 6.54. The van der Waals surface area contributed by atoms with E-state index in [2.05, 4.69) is 42.2 Å². The average molecular weight is 248 g/mol. The van der Waals surface area contributed by atoms with E-state index < -0.39 is 0 Å². The molecular weight excluding hydrogens is 224 g/mol. The second-order valence-corrected chi connectivity index (χ2v) is 5.41. The molecular formula is C14H24N4. The molecule has 0 aromatic heterocycles. The van der Waals surface area contributed by atoms with Gasteiger partial charge >= 0.3 is 0 Å². The molecule has 0 bridgehead atoms. The Labute approximate surface area is 110 Å². The summed E-state index contributed by atoms with van der Waals surface area (Å²) in [6, 6.07) is 6.69. The van der Waals surface area contributed by atoms with Crippen LogP contribution in [0.2, 0.25) is 0 Å². The number of benzene rings is 1. The minimum atomic E-state index is 0.561. The second kappa shape index (κ2) is 5.59. The number of hydrogen-bond donors (Lipinski definition) is 2. The number of anilines is 2. The lowest BCUT2D eigenvalue weighted by molar-refractivity contribution is 0.122. The predicted octanol–water partition coefficient (Wildman–Crippen LogP) is 1.23. The summed E-state index contributed by atoms with van der Waals surface area (Å²) in [7, 11) is 4.38. The molecule has 1 unspecified atom stereocenters. The van der Waals surface area contributed by atoms with Crippen LogP contribution in [0, 0.1) is 6.92 Å². The van der Waals surface area contributed by atoms with Crippen LogP contribution in [0.1, 0.15) is 5.56 Å². The van der Waals surface area contributed by atoms with Crippen molar-refractivity contribution >= 4 is 11.4 Å². The zero-order chi connectivity index (χ0) is 13.1. The van der Waals surface area contributed by atoms with Gasteiger partial charge in [-0.25, -0.2) is 0 Å². The highest BCUT2D eigenvalue weighted by molar-refractivity contribution is 5.56. The summed E-state index contributed by atoms with van der Waals surface area (Å²) < 4.78 is 0. The minimum Gasteiger partial charge on any atom is -0.399 e. The molecule has 0 radical (unpaired) electrons. The third-order valence-corrected chi connectivity index (χ3v) is 3.62. The molecule has 18 heavy (non-hydrogen) atoms. The van der Waals surface area contributed by atoms with E-state index >= 15 is 0 Å². The first-order valence-electron chi connectivity index (χ1n) is 6.54. The molecule has 2 rings (SSSR count). The topological polar surface area (TPSA) is 44.5 Å². The Hall–Kier alpha value is -1.26. The molecule has 0 aliphatic carbocycles. The number of nitrogen functional groups attached to an aromatic ring is 1. The van der Waals surface area contributed by atoms with Crippen LogP contribution in [0.3, 0.4) is 0 Å². The number of nitrogens with one attached hydrogen (secondary N) is 1. The van der Waals surface area contributed by atoms with Gasteiger partial charge < -0.3 is 16.0 Å². The van der Waals surface area contributed by atoms with E-state index in [0.717, 1.165) is 37.6 Å². The summed E-state index contributed by atoms with van der Waals surface area (Å²) in [6.45, 7) is 6.44. The number of hydrogen-bond acceptors (Lipinski definition) is 4. The van der Waals surface area contributed by atoms with Gasteiger partial charge in [-0.2, -0.15) is 0 Å². The first kappa shape index (κ1) is 13.2. The van der Waals surface area contributed by atoms with Crippen LogP contribution >= 0.6 is 0 Å². The molecule has 1 saturated heterocycles. The average Bonchev–Trinajstić information content (AvgIpc) is 2.29. The molecule has 100 valence electrons. The van der Waals surface area contributed by atoms with E-state index in [9.17, 15) is 0 Å². The Bertz CT molecular complexity index is 385. The van der Waals surface area contributed by atoms with Crippen molar-refractivity contribution in [2.24, 2.45) is 0 Å². The fourth-order valence-corrected chi connectivity index (χ4v) is 2.47. The number of nitrogens with two attached hydrogens (primary N) is 1. The lowest BCUT2D eigenvalue weighted by atomic mass is 10.1. The molecule has 3 N–H and O–H groups in total. The van der Waals surface area contributed by atoms with Gasteiger partial charge in [0.25, 0.3) is 0 Å². The van der Waals surface area contributed by atoms with E-state index in [4.69, 9.17) is 5.73 Å². The van der Waals surface area contributed by atoms with Crippen molar-refractivity contribution in [1.82, 2.24) is 9.80 Å². The summed E-state index contributed by atoms with van der Waals surface area (Å²) in [5.41, 5.74) is 9.00. The number of rotatable bonds is 3. The molecule has 0 amide bonds. The molecule has 1 fully saturated rings. The van der Waals surface area contributed by atoms with Crippen molar-refractivity contribution in [3.05, 3.63) is 23.8 Å². The van der Waals surface area contributed by atoms with Gasteiger partial charge in [-0.1, -0.05) is 0 Å².